The standard InChI is InChI=1S/C17H20FN3O2S/c1-11(13-3-4-13)17(23,14-5-7-15(18)8-6-14)9-21-16(19-10-20-21)24-12(2)22/h5-8,10-11,13,23H,3-4,9H2,1-2H3. The first-order chi connectivity index (χ1) is 11.4. The quantitative estimate of drug-likeness (QED) is 0.812. The van der Waals surface area contributed by atoms with Crippen molar-refractivity contribution in [2.45, 2.75) is 44.0 Å². The first-order valence-corrected chi connectivity index (χ1v) is 8.76. The van der Waals surface area contributed by atoms with Gasteiger partial charge >= 0.3 is 0 Å². The maximum atomic E-state index is 13.3. The molecule has 1 fully saturated rings. The smallest absolute Gasteiger partial charge is 0.193 e. The summed E-state index contributed by atoms with van der Waals surface area (Å²) in [4.78, 5) is 15.5. The van der Waals surface area contributed by atoms with Crippen LogP contribution in [0.15, 0.2) is 35.7 Å². The van der Waals surface area contributed by atoms with Crippen LogP contribution in [0.4, 0.5) is 4.39 Å². The number of halogens is 1. The summed E-state index contributed by atoms with van der Waals surface area (Å²) >= 11 is 0.985. The molecule has 1 aliphatic carbocycles. The Hall–Kier alpha value is -1.73. The molecule has 0 spiro atoms. The fourth-order valence-electron chi connectivity index (χ4n) is 3.02. The van der Waals surface area contributed by atoms with Crippen LogP contribution in [0.1, 0.15) is 32.3 Å². The molecule has 2 aromatic rings. The van der Waals surface area contributed by atoms with Gasteiger partial charge in [-0.2, -0.15) is 5.10 Å². The van der Waals surface area contributed by atoms with Crippen LogP contribution in [-0.4, -0.2) is 25.0 Å². The lowest BCUT2D eigenvalue weighted by Crippen LogP contribution is -2.39. The van der Waals surface area contributed by atoms with Crippen LogP contribution >= 0.6 is 11.8 Å². The third-order valence-electron chi connectivity index (χ3n) is 4.63. The summed E-state index contributed by atoms with van der Waals surface area (Å²) in [5, 5.41) is 16.0. The summed E-state index contributed by atoms with van der Waals surface area (Å²) < 4.78 is 14.8. The van der Waals surface area contributed by atoms with Gasteiger partial charge in [0.2, 0.25) is 0 Å². The number of carbonyl (C=O) groups is 1. The number of rotatable bonds is 6. The highest BCUT2D eigenvalue weighted by molar-refractivity contribution is 8.13. The highest BCUT2D eigenvalue weighted by atomic mass is 32.2. The second kappa shape index (κ2) is 6.64. The lowest BCUT2D eigenvalue weighted by atomic mass is 9.79. The lowest BCUT2D eigenvalue weighted by molar-refractivity contribution is -0.109. The molecule has 0 bridgehead atoms. The zero-order chi connectivity index (χ0) is 17.3. The van der Waals surface area contributed by atoms with Gasteiger partial charge in [0.25, 0.3) is 0 Å². The summed E-state index contributed by atoms with van der Waals surface area (Å²) in [7, 11) is 0. The molecule has 1 N–H and O–H groups in total. The van der Waals surface area contributed by atoms with Gasteiger partial charge in [0, 0.05) is 6.92 Å². The van der Waals surface area contributed by atoms with E-state index in [1.807, 2.05) is 6.92 Å². The first kappa shape index (κ1) is 17.1. The fraction of sp³-hybridized carbons (Fsp3) is 0.471. The minimum absolute atomic E-state index is 0.0117. The molecule has 1 saturated carbocycles. The summed E-state index contributed by atoms with van der Waals surface area (Å²) in [5.41, 5.74) is -0.549. The topological polar surface area (TPSA) is 68.0 Å². The molecule has 1 aromatic carbocycles. The van der Waals surface area contributed by atoms with E-state index >= 15 is 0 Å². The summed E-state index contributed by atoms with van der Waals surface area (Å²) in [6, 6.07) is 5.94. The van der Waals surface area contributed by atoms with Gasteiger partial charge in [-0.05, 0) is 54.1 Å². The third kappa shape index (κ3) is 3.52. The molecule has 3 rings (SSSR count). The molecule has 1 aliphatic rings. The molecule has 5 nitrogen and oxygen atoms in total. The van der Waals surface area contributed by atoms with E-state index < -0.39 is 5.60 Å². The molecule has 0 radical (unpaired) electrons. The van der Waals surface area contributed by atoms with E-state index in [0.29, 0.717) is 16.6 Å². The average Bonchev–Trinajstić information content (AvgIpc) is 3.30. The highest BCUT2D eigenvalue weighted by Gasteiger charge is 2.44. The van der Waals surface area contributed by atoms with Crippen LogP contribution in [0.25, 0.3) is 0 Å². The monoisotopic (exact) mass is 349 g/mol. The van der Waals surface area contributed by atoms with Gasteiger partial charge in [-0.15, -0.1) is 0 Å². The first-order valence-electron chi connectivity index (χ1n) is 7.95. The lowest BCUT2D eigenvalue weighted by Gasteiger charge is -2.35. The average molecular weight is 349 g/mol. The van der Waals surface area contributed by atoms with Crippen molar-refractivity contribution >= 4 is 16.9 Å². The number of aliphatic hydroxyl groups is 1. The number of nitrogens with zero attached hydrogens (tertiary/aromatic N) is 3. The van der Waals surface area contributed by atoms with Crippen LogP contribution in [0.5, 0.6) is 0 Å². The molecule has 24 heavy (non-hydrogen) atoms. The van der Waals surface area contributed by atoms with E-state index in [4.69, 9.17) is 0 Å². The second-order valence-corrected chi connectivity index (χ2v) is 7.50. The Morgan fingerprint density at radius 1 is 1.46 bits per heavy atom. The van der Waals surface area contributed by atoms with Crippen molar-refractivity contribution < 1.29 is 14.3 Å². The van der Waals surface area contributed by atoms with E-state index in [1.165, 1.54) is 25.4 Å². The van der Waals surface area contributed by atoms with Crippen LogP contribution in [0, 0.1) is 17.7 Å². The van der Waals surface area contributed by atoms with Gasteiger partial charge in [0.1, 0.15) is 17.7 Å². The van der Waals surface area contributed by atoms with Gasteiger partial charge in [0.05, 0.1) is 6.54 Å². The zero-order valence-electron chi connectivity index (χ0n) is 13.6. The molecular weight excluding hydrogens is 329 g/mol. The Bertz CT molecular complexity index is 730. The molecular formula is C17H20FN3O2S. The Morgan fingerprint density at radius 3 is 2.71 bits per heavy atom. The van der Waals surface area contributed by atoms with E-state index in [1.54, 1.807) is 16.8 Å². The summed E-state index contributed by atoms with van der Waals surface area (Å²) in [5.74, 6) is 0.0866. The molecule has 1 heterocycles. The predicted molar refractivity (Wildman–Crippen MR) is 88.7 cm³/mol. The van der Waals surface area contributed by atoms with Crippen LogP contribution in [-0.2, 0) is 16.9 Å². The van der Waals surface area contributed by atoms with Gasteiger partial charge in [-0.1, -0.05) is 19.1 Å². The minimum Gasteiger partial charge on any atom is -0.383 e. The highest BCUT2D eigenvalue weighted by Crippen LogP contribution is 2.46. The van der Waals surface area contributed by atoms with Crippen LogP contribution in [0.2, 0.25) is 0 Å². The third-order valence-corrected chi connectivity index (χ3v) is 5.42. The maximum Gasteiger partial charge on any atom is 0.193 e. The van der Waals surface area contributed by atoms with Gasteiger partial charge in [-0.3, -0.25) is 4.79 Å². The number of hydrogen-bond acceptors (Lipinski definition) is 5. The molecule has 0 aliphatic heterocycles. The van der Waals surface area contributed by atoms with Gasteiger partial charge in [0.15, 0.2) is 10.3 Å². The molecule has 0 amide bonds. The summed E-state index contributed by atoms with van der Waals surface area (Å²) in [6.45, 7) is 3.64. The van der Waals surface area contributed by atoms with Crippen molar-refractivity contribution in [2.75, 3.05) is 0 Å². The Kier molecular flexibility index (Phi) is 4.73. The number of benzene rings is 1. The number of thioether (sulfide) groups is 1. The molecule has 2 atom stereocenters. The zero-order valence-corrected chi connectivity index (χ0v) is 14.5. The van der Waals surface area contributed by atoms with Crippen molar-refractivity contribution in [3.63, 3.8) is 0 Å². The Balaban J connectivity index is 1.95. The maximum absolute atomic E-state index is 13.3. The Labute approximate surface area is 144 Å². The minimum atomic E-state index is -1.20. The predicted octanol–water partition coefficient (Wildman–Crippen LogP) is 2.99. The molecule has 128 valence electrons. The van der Waals surface area contributed by atoms with Crippen LogP contribution in [0.3, 0.4) is 0 Å². The molecule has 1 aromatic heterocycles. The number of carbonyl (C=O) groups excluding carboxylic acids is 1. The van der Waals surface area contributed by atoms with E-state index in [9.17, 15) is 14.3 Å². The van der Waals surface area contributed by atoms with Crippen molar-refractivity contribution in [2.24, 2.45) is 11.8 Å². The molecule has 0 saturated heterocycles. The van der Waals surface area contributed by atoms with Gasteiger partial charge < -0.3 is 5.11 Å². The largest absolute Gasteiger partial charge is 0.383 e. The van der Waals surface area contributed by atoms with Gasteiger partial charge in [-0.25, -0.2) is 14.1 Å². The normalized spacial score (nSPS) is 18.2. The fourth-order valence-corrected chi connectivity index (χ4v) is 3.59. The molecule has 7 heteroatoms. The van der Waals surface area contributed by atoms with Crippen LogP contribution < -0.4 is 0 Å². The SMILES string of the molecule is CC(=O)Sc1ncnn1CC(O)(c1ccc(F)cc1)C(C)C1CC1. The second-order valence-electron chi connectivity index (χ2n) is 6.35. The summed E-state index contributed by atoms with van der Waals surface area (Å²) in [6.07, 6.45) is 3.53. The van der Waals surface area contributed by atoms with E-state index in [0.717, 1.165) is 24.6 Å². The van der Waals surface area contributed by atoms with Crippen molar-refractivity contribution in [3.8, 4) is 0 Å². The van der Waals surface area contributed by atoms with Crippen molar-refractivity contribution in [3.05, 3.63) is 42.0 Å². The number of aromatic nitrogens is 3. The number of hydrogen-bond donors (Lipinski definition) is 1. The van der Waals surface area contributed by atoms with Crippen molar-refractivity contribution in [1.82, 2.24) is 14.8 Å². The van der Waals surface area contributed by atoms with E-state index in [-0.39, 0.29) is 23.4 Å². The van der Waals surface area contributed by atoms with Crippen molar-refractivity contribution in [1.29, 1.82) is 0 Å². The van der Waals surface area contributed by atoms with E-state index in [2.05, 4.69) is 10.1 Å². The Morgan fingerprint density at radius 2 is 2.12 bits per heavy atom. The molecule has 2 unspecified atom stereocenters.